The van der Waals surface area contributed by atoms with Gasteiger partial charge in [-0.25, -0.2) is 0 Å². The molecule has 2 rings (SSSR count). The molecule has 4 nitrogen and oxygen atoms in total. The van der Waals surface area contributed by atoms with Crippen molar-refractivity contribution in [3.63, 3.8) is 0 Å². The van der Waals surface area contributed by atoms with Crippen molar-refractivity contribution in [1.82, 2.24) is 0 Å². The van der Waals surface area contributed by atoms with Gasteiger partial charge in [-0.3, -0.25) is 10.1 Å². The fourth-order valence-corrected chi connectivity index (χ4v) is 2.44. The van der Waals surface area contributed by atoms with Crippen molar-refractivity contribution < 1.29 is 4.92 Å². The molecule has 7 heteroatoms. The molecule has 0 atom stereocenters. The highest BCUT2D eigenvalue weighted by Gasteiger charge is 2.10. The van der Waals surface area contributed by atoms with Crippen molar-refractivity contribution >= 4 is 50.5 Å². The molecular formula is C13H9BrCl2N2O2. The zero-order valence-corrected chi connectivity index (χ0v) is 13.2. The van der Waals surface area contributed by atoms with Crippen molar-refractivity contribution in [2.75, 3.05) is 5.32 Å². The van der Waals surface area contributed by atoms with Gasteiger partial charge in [0.2, 0.25) is 0 Å². The number of nitrogens with zero attached hydrogens (tertiary/aromatic N) is 1. The largest absolute Gasteiger partial charge is 0.380 e. The van der Waals surface area contributed by atoms with E-state index in [1.54, 1.807) is 12.1 Å². The fraction of sp³-hybridized carbons (Fsp3) is 0.0769. The van der Waals surface area contributed by atoms with E-state index < -0.39 is 4.92 Å². The number of nitro benzene ring substituents is 1. The Labute approximate surface area is 134 Å². The Morgan fingerprint density at radius 3 is 2.60 bits per heavy atom. The Bertz CT molecular complexity index is 665. The molecule has 0 fully saturated rings. The maximum Gasteiger partial charge on any atom is 0.270 e. The molecule has 0 heterocycles. The van der Waals surface area contributed by atoms with E-state index in [2.05, 4.69) is 21.2 Å². The first-order valence-corrected chi connectivity index (χ1v) is 7.14. The monoisotopic (exact) mass is 374 g/mol. The van der Waals surface area contributed by atoms with Gasteiger partial charge in [0, 0.05) is 18.7 Å². The topological polar surface area (TPSA) is 55.2 Å². The van der Waals surface area contributed by atoms with Gasteiger partial charge < -0.3 is 5.32 Å². The van der Waals surface area contributed by atoms with Crippen molar-refractivity contribution in [3.8, 4) is 0 Å². The smallest absolute Gasteiger partial charge is 0.270 e. The summed E-state index contributed by atoms with van der Waals surface area (Å²) in [6, 6.07) is 9.87. The van der Waals surface area contributed by atoms with Crippen LogP contribution >= 0.6 is 39.1 Å². The molecule has 0 spiro atoms. The Hall–Kier alpha value is -1.30. The summed E-state index contributed by atoms with van der Waals surface area (Å²) in [5.41, 5.74) is 1.57. The van der Waals surface area contributed by atoms with Gasteiger partial charge in [0.05, 0.1) is 25.1 Å². The van der Waals surface area contributed by atoms with Crippen molar-refractivity contribution in [1.29, 1.82) is 0 Å². The Balaban J connectivity index is 2.15. The molecule has 0 aliphatic carbocycles. The Morgan fingerprint density at radius 2 is 1.95 bits per heavy atom. The zero-order valence-electron chi connectivity index (χ0n) is 10.1. The van der Waals surface area contributed by atoms with E-state index in [-0.39, 0.29) is 5.69 Å². The first-order valence-electron chi connectivity index (χ1n) is 5.59. The second-order valence-electron chi connectivity index (χ2n) is 3.99. The molecule has 2 aromatic carbocycles. The van der Waals surface area contributed by atoms with Crippen LogP contribution in [0, 0.1) is 10.1 Å². The van der Waals surface area contributed by atoms with Crippen LogP contribution in [0.3, 0.4) is 0 Å². The summed E-state index contributed by atoms with van der Waals surface area (Å²) in [5, 5.41) is 14.8. The molecule has 20 heavy (non-hydrogen) atoms. The van der Waals surface area contributed by atoms with Crippen LogP contribution in [-0.4, -0.2) is 4.92 Å². The first kappa shape index (κ1) is 15.1. The van der Waals surface area contributed by atoms with E-state index in [1.807, 2.05) is 12.1 Å². The van der Waals surface area contributed by atoms with Gasteiger partial charge in [-0.2, -0.15) is 0 Å². The van der Waals surface area contributed by atoms with E-state index in [0.717, 1.165) is 15.7 Å². The molecule has 2 aromatic rings. The van der Waals surface area contributed by atoms with Gasteiger partial charge in [0.1, 0.15) is 0 Å². The second kappa shape index (κ2) is 6.43. The van der Waals surface area contributed by atoms with Gasteiger partial charge in [-0.05, 0) is 39.7 Å². The average molecular weight is 376 g/mol. The number of nitro groups is 1. The normalized spacial score (nSPS) is 10.3. The third kappa shape index (κ3) is 3.42. The molecule has 1 N–H and O–H groups in total. The summed E-state index contributed by atoms with van der Waals surface area (Å²) in [6.45, 7) is 0.440. The molecule has 0 aliphatic rings. The molecule has 0 saturated carbocycles. The van der Waals surface area contributed by atoms with E-state index in [0.29, 0.717) is 16.6 Å². The Kier molecular flexibility index (Phi) is 4.86. The van der Waals surface area contributed by atoms with Crippen LogP contribution in [0.25, 0.3) is 0 Å². The summed E-state index contributed by atoms with van der Waals surface area (Å²) < 4.78 is 0.764. The highest BCUT2D eigenvalue weighted by Crippen LogP contribution is 2.31. The molecule has 0 amide bonds. The van der Waals surface area contributed by atoms with Gasteiger partial charge in [-0.1, -0.05) is 29.3 Å². The van der Waals surface area contributed by atoms with Gasteiger partial charge in [-0.15, -0.1) is 0 Å². The number of non-ortho nitro benzene ring substituents is 1. The molecule has 104 valence electrons. The summed E-state index contributed by atoms with van der Waals surface area (Å²) in [4.78, 5) is 10.2. The van der Waals surface area contributed by atoms with Gasteiger partial charge in [0.25, 0.3) is 5.69 Å². The zero-order chi connectivity index (χ0) is 14.7. The molecule has 0 aromatic heterocycles. The number of hydrogen-bond acceptors (Lipinski definition) is 3. The van der Waals surface area contributed by atoms with Crippen LogP contribution in [0.15, 0.2) is 40.9 Å². The molecule has 0 saturated heterocycles. The summed E-state index contributed by atoms with van der Waals surface area (Å²) in [6.07, 6.45) is 0. The Morgan fingerprint density at radius 1 is 1.20 bits per heavy atom. The van der Waals surface area contributed by atoms with E-state index in [1.165, 1.54) is 12.1 Å². The summed E-state index contributed by atoms with van der Waals surface area (Å²) in [5.74, 6) is 0. The number of nitrogens with one attached hydrogen (secondary N) is 1. The molecule has 0 unspecified atom stereocenters. The predicted octanol–water partition coefficient (Wildman–Crippen LogP) is 5.28. The first-order chi connectivity index (χ1) is 9.49. The fourth-order valence-electron chi connectivity index (χ4n) is 1.62. The standard InChI is InChI=1S/C13H9BrCl2N2O2/c14-13-10(15)2-1-3-12(13)17-7-8-4-5-9(18(19)20)6-11(8)16/h1-6,17H,7H2. The van der Waals surface area contributed by atoms with Gasteiger partial charge >= 0.3 is 0 Å². The number of anilines is 1. The second-order valence-corrected chi connectivity index (χ2v) is 5.60. The number of hydrogen-bond donors (Lipinski definition) is 1. The molecule has 0 aliphatic heterocycles. The predicted molar refractivity (Wildman–Crippen MR) is 84.6 cm³/mol. The average Bonchev–Trinajstić information content (AvgIpc) is 2.41. The maximum atomic E-state index is 10.6. The molecular weight excluding hydrogens is 367 g/mol. The molecule has 0 bridgehead atoms. The van der Waals surface area contributed by atoms with E-state index in [9.17, 15) is 10.1 Å². The number of halogens is 3. The summed E-state index contributed by atoms with van der Waals surface area (Å²) in [7, 11) is 0. The van der Waals surface area contributed by atoms with E-state index in [4.69, 9.17) is 23.2 Å². The highest BCUT2D eigenvalue weighted by molar-refractivity contribution is 9.10. The third-order valence-electron chi connectivity index (χ3n) is 2.67. The van der Waals surface area contributed by atoms with Gasteiger partial charge in [0.15, 0.2) is 0 Å². The highest BCUT2D eigenvalue weighted by atomic mass is 79.9. The quantitative estimate of drug-likeness (QED) is 0.584. The van der Waals surface area contributed by atoms with Crippen molar-refractivity contribution in [2.24, 2.45) is 0 Å². The number of benzene rings is 2. The molecule has 0 radical (unpaired) electrons. The van der Waals surface area contributed by atoms with Crippen LogP contribution in [0.1, 0.15) is 5.56 Å². The lowest BCUT2D eigenvalue weighted by atomic mass is 10.2. The van der Waals surface area contributed by atoms with Crippen LogP contribution < -0.4 is 5.32 Å². The minimum Gasteiger partial charge on any atom is -0.380 e. The van der Waals surface area contributed by atoms with E-state index >= 15 is 0 Å². The minimum atomic E-state index is -0.476. The SMILES string of the molecule is O=[N+]([O-])c1ccc(CNc2cccc(Cl)c2Br)c(Cl)c1. The van der Waals surface area contributed by atoms with Crippen molar-refractivity contribution in [3.05, 3.63) is 66.6 Å². The lowest BCUT2D eigenvalue weighted by Crippen LogP contribution is -2.01. The van der Waals surface area contributed by atoms with Crippen LogP contribution in [0.5, 0.6) is 0 Å². The maximum absolute atomic E-state index is 10.6. The summed E-state index contributed by atoms with van der Waals surface area (Å²) >= 11 is 15.4. The third-order valence-corrected chi connectivity index (χ3v) is 4.42. The van der Waals surface area contributed by atoms with Crippen LogP contribution in [0.2, 0.25) is 10.0 Å². The van der Waals surface area contributed by atoms with Crippen LogP contribution in [0.4, 0.5) is 11.4 Å². The lowest BCUT2D eigenvalue weighted by Gasteiger charge is -2.10. The van der Waals surface area contributed by atoms with Crippen molar-refractivity contribution in [2.45, 2.75) is 6.54 Å². The minimum absolute atomic E-state index is 0.0253. The lowest BCUT2D eigenvalue weighted by molar-refractivity contribution is -0.384. The number of rotatable bonds is 4. The van der Waals surface area contributed by atoms with Crippen LogP contribution in [-0.2, 0) is 6.54 Å².